The average Bonchev–Trinajstić information content (AvgIpc) is 2.47. The third-order valence-corrected chi connectivity index (χ3v) is 4.25. The van der Waals surface area contributed by atoms with Crippen LogP contribution in [0.25, 0.3) is 0 Å². The van der Waals surface area contributed by atoms with Crippen molar-refractivity contribution < 1.29 is 9.84 Å². The van der Waals surface area contributed by atoms with Gasteiger partial charge >= 0.3 is 0 Å². The highest BCUT2D eigenvalue weighted by Gasteiger charge is 2.30. The lowest BCUT2D eigenvalue weighted by atomic mass is 9.84. The van der Waals surface area contributed by atoms with Gasteiger partial charge in [-0.2, -0.15) is 0 Å². The van der Waals surface area contributed by atoms with Gasteiger partial charge in [0.05, 0.1) is 12.1 Å². The number of rotatable bonds is 4. The Morgan fingerprint density at radius 3 is 2.50 bits per heavy atom. The first-order chi connectivity index (χ1) is 9.51. The smallest absolute Gasteiger partial charge is 0.137 e. The molecule has 1 atom stereocenters. The van der Waals surface area contributed by atoms with Crippen molar-refractivity contribution in [3.05, 3.63) is 63.1 Å². The highest BCUT2D eigenvalue weighted by molar-refractivity contribution is 9.10. The van der Waals surface area contributed by atoms with E-state index in [4.69, 9.17) is 16.3 Å². The van der Waals surface area contributed by atoms with Gasteiger partial charge in [0, 0.05) is 4.47 Å². The van der Waals surface area contributed by atoms with Crippen molar-refractivity contribution in [2.75, 3.05) is 7.11 Å². The zero-order chi connectivity index (χ0) is 14.8. The first kappa shape index (κ1) is 15.4. The molecule has 0 spiro atoms. The molecule has 0 aliphatic rings. The quantitative estimate of drug-likeness (QED) is 0.857. The van der Waals surface area contributed by atoms with Crippen LogP contribution in [0, 0.1) is 0 Å². The van der Waals surface area contributed by atoms with Crippen LogP contribution in [0.15, 0.2) is 46.9 Å². The second-order valence-corrected chi connectivity index (χ2v) is 5.90. The van der Waals surface area contributed by atoms with Crippen molar-refractivity contribution in [2.45, 2.75) is 18.9 Å². The number of halogens is 2. The van der Waals surface area contributed by atoms with Crippen LogP contribution in [-0.2, 0) is 5.60 Å². The molecule has 2 nitrogen and oxygen atoms in total. The van der Waals surface area contributed by atoms with E-state index in [9.17, 15) is 5.11 Å². The number of hydrogen-bond acceptors (Lipinski definition) is 2. The molecule has 0 fully saturated rings. The number of aliphatic hydroxyl groups is 1. The first-order valence-corrected chi connectivity index (χ1v) is 7.50. The second kappa shape index (κ2) is 6.17. The lowest BCUT2D eigenvalue weighted by Gasteiger charge is -2.28. The maximum absolute atomic E-state index is 11.1. The largest absolute Gasteiger partial charge is 0.495 e. The highest BCUT2D eigenvalue weighted by Crippen LogP contribution is 2.37. The fraction of sp³-hybridized carbons (Fsp3) is 0.250. The molecule has 0 aliphatic carbocycles. The Labute approximate surface area is 132 Å². The SMILES string of the molecule is CCC(O)(c1cccc(Br)c1)c1ccc(Cl)c(OC)c1. The Kier molecular flexibility index (Phi) is 4.74. The van der Waals surface area contributed by atoms with Crippen molar-refractivity contribution in [2.24, 2.45) is 0 Å². The van der Waals surface area contributed by atoms with E-state index in [-0.39, 0.29) is 0 Å². The number of hydrogen-bond donors (Lipinski definition) is 1. The minimum atomic E-state index is -1.07. The molecule has 2 aromatic carbocycles. The van der Waals surface area contributed by atoms with Crippen LogP contribution in [0.3, 0.4) is 0 Å². The topological polar surface area (TPSA) is 29.5 Å². The zero-order valence-electron chi connectivity index (χ0n) is 11.4. The van der Waals surface area contributed by atoms with E-state index in [1.54, 1.807) is 19.2 Å². The van der Waals surface area contributed by atoms with Crippen molar-refractivity contribution in [3.63, 3.8) is 0 Å². The first-order valence-electron chi connectivity index (χ1n) is 6.33. The second-order valence-electron chi connectivity index (χ2n) is 4.57. The van der Waals surface area contributed by atoms with Gasteiger partial charge < -0.3 is 9.84 Å². The summed E-state index contributed by atoms with van der Waals surface area (Å²) in [6.45, 7) is 1.95. The Hall–Kier alpha value is -1.03. The van der Waals surface area contributed by atoms with E-state index in [1.807, 2.05) is 37.3 Å². The summed E-state index contributed by atoms with van der Waals surface area (Å²) in [5, 5.41) is 11.6. The molecular formula is C16H16BrClO2. The summed E-state index contributed by atoms with van der Waals surface area (Å²) in [6.07, 6.45) is 0.550. The van der Waals surface area contributed by atoms with Gasteiger partial charge in [0.2, 0.25) is 0 Å². The summed E-state index contributed by atoms with van der Waals surface area (Å²) in [7, 11) is 1.56. The van der Waals surface area contributed by atoms with E-state index >= 15 is 0 Å². The minimum Gasteiger partial charge on any atom is -0.495 e. The van der Waals surface area contributed by atoms with Crippen LogP contribution in [-0.4, -0.2) is 12.2 Å². The van der Waals surface area contributed by atoms with Crippen molar-refractivity contribution >= 4 is 27.5 Å². The van der Waals surface area contributed by atoms with Gasteiger partial charge in [0.15, 0.2) is 0 Å². The van der Waals surface area contributed by atoms with Crippen molar-refractivity contribution in [1.29, 1.82) is 0 Å². The summed E-state index contributed by atoms with van der Waals surface area (Å²) in [5.74, 6) is 0.561. The third kappa shape index (κ3) is 2.85. The molecule has 0 radical (unpaired) electrons. The standard InChI is InChI=1S/C16H16BrClO2/c1-3-16(19,11-5-4-6-13(17)9-11)12-7-8-14(18)15(10-12)20-2/h4-10,19H,3H2,1-2H3. The van der Waals surface area contributed by atoms with E-state index in [1.165, 1.54) is 0 Å². The van der Waals surface area contributed by atoms with Gasteiger partial charge in [0.1, 0.15) is 11.4 Å². The van der Waals surface area contributed by atoms with Crippen molar-refractivity contribution in [3.8, 4) is 5.75 Å². The number of ether oxygens (including phenoxy) is 1. The molecule has 0 heterocycles. The van der Waals surface area contributed by atoms with E-state index in [0.29, 0.717) is 17.2 Å². The average molecular weight is 356 g/mol. The predicted molar refractivity (Wildman–Crippen MR) is 85.4 cm³/mol. The highest BCUT2D eigenvalue weighted by atomic mass is 79.9. The Balaban J connectivity index is 2.55. The molecule has 0 saturated heterocycles. The van der Waals surface area contributed by atoms with Crippen LogP contribution in [0.4, 0.5) is 0 Å². The summed E-state index contributed by atoms with van der Waals surface area (Å²) >= 11 is 9.49. The van der Waals surface area contributed by atoms with Crippen LogP contribution in [0.2, 0.25) is 5.02 Å². The number of methoxy groups -OCH3 is 1. The summed E-state index contributed by atoms with van der Waals surface area (Å²) in [4.78, 5) is 0. The van der Waals surface area contributed by atoms with E-state index in [2.05, 4.69) is 15.9 Å². The van der Waals surface area contributed by atoms with Crippen LogP contribution in [0.5, 0.6) is 5.75 Å². The van der Waals surface area contributed by atoms with Gasteiger partial charge in [-0.15, -0.1) is 0 Å². The molecular weight excluding hydrogens is 340 g/mol. The molecule has 4 heteroatoms. The molecule has 0 aliphatic heterocycles. The zero-order valence-corrected chi connectivity index (χ0v) is 13.7. The predicted octanol–water partition coefficient (Wildman–Crippen LogP) is 4.76. The molecule has 106 valence electrons. The lowest BCUT2D eigenvalue weighted by molar-refractivity contribution is 0.0762. The van der Waals surface area contributed by atoms with Gasteiger partial charge in [-0.05, 0) is 41.8 Å². The Morgan fingerprint density at radius 2 is 1.90 bits per heavy atom. The van der Waals surface area contributed by atoms with Crippen LogP contribution in [0.1, 0.15) is 24.5 Å². The molecule has 0 bridgehead atoms. The molecule has 1 N–H and O–H groups in total. The molecule has 0 amide bonds. The van der Waals surface area contributed by atoms with Crippen LogP contribution < -0.4 is 4.74 Å². The van der Waals surface area contributed by atoms with E-state index < -0.39 is 5.60 Å². The monoisotopic (exact) mass is 354 g/mol. The number of benzene rings is 2. The van der Waals surface area contributed by atoms with Gasteiger partial charge in [-0.25, -0.2) is 0 Å². The summed E-state index contributed by atoms with van der Waals surface area (Å²) < 4.78 is 6.17. The maximum Gasteiger partial charge on any atom is 0.137 e. The van der Waals surface area contributed by atoms with Gasteiger partial charge in [-0.1, -0.05) is 52.7 Å². The van der Waals surface area contributed by atoms with Gasteiger partial charge in [0.25, 0.3) is 0 Å². The van der Waals surface area contributed by atoms with Crippen molar-refractivity contribution in [1.82, 2.24) is 0 Å². The molecule has 0 aromatic heterocycles. The molecule has 0 saturated carbocycles. The minimum absolute atomic E-state index is 0.531. The Bertz CT molecular complexity index is 615. The molecule has 2 aromatic rings. The van der Waals surface area contributed by atoms with Crippen LogP contribution >= 0.6 is 27.5 Å². The summed E-state index contributed by atoms with van der Waals surface area (Å²) in [6, 6.07) is 13.0. The normalized spacial score (nSPS) is 13.8. The van der Waals surface area contributed by atoms with Gasteiger partial charge in [-0.3, -0.25) is 0 Å². The third-order valence-electron chi connectivity index (χ3n) is 3.44. The lowest BCUT2D eigenvalue weighted by Crippen LogP contribution is -2.26. The maximum atomic E-state index is 11.1. The Morgan fingerprint density at radius 1 is 1.20 bits per heavy atom. The molecule has 2 rings (SSSR count). The summed E-state index contributed by atoms with van der Waals surface area (Å²) in [5.41, 5.74) is 0.528. The molecule has 1 unspecified atom stereocenters. The fourth-order valence-corrected chi connectivity index (χ4v) is 2.83. The molecule has 20 heavy (non-hydrogen) atoms. The fourth-order valence-electron chi connectivity index (χ4n) is 2.24. The van der Waals surface area contributed by atoms with E-state index in [0.717, 1.165) is 15.6 Å².